The maximum absolute atomic E-state index is 13.2. The minimum absolute atomic E-state index is 0.293. The number of hydrogen-bond donors (Lipinski definition) is 2. The number of nitrogens with two attached hydrogens (primary N) is 1. The van der Waals surface area contributed by atoms with Gasteiger partial charge in [-0.3, -0.25) is 0 Å². The molecule has 0 spiro atoms. The van der Waals surface area contributed by atoms with Crippen LogP contribution in [-0.2, 0) is 0 Å². The average Bonchev–Trinajstić information content (AvgIpc) is 2.78. The molecule has 19 heavy (non-hydrogen) atoms. The number of aryl methyl sites for hydroxylation is 1. The second-order valence-electron chi connectivity index (χ2n) is 4.30. The zero-order valence-electron chi connectivity index (χ0n) is 10.3. The summed E-state index contributed by atoms with van der Waals surface area (Å²) in [5, 5.41) is 2.96. The van der Waals surface area contributed by atoms with E-state index in [1.165, 1.54) is 12.1 Å². The van der Waals surface area contributed by atoms with Crippen molar-refractivity contribution < 1.29 is 8.81 Å². The number of nitrogen functional groups attached to an aromatic ring is 1. The van der Waals surface area contributed by atoms with Gasteiger partial charge in [-0.05, 0) is 36.8 Å². The molecule has 1 heterocycles. The molecule has 0 saturated heterocycles. The monoisotopic (exact) mass is 257 g/mol. The van der Waals surface area contributed by atoms with Crippen molar-refractivity contribution in [3.05, 3.63) is 47.8 Å². The van der Waals surface area contributed by atoms with Gasteiger partial charge in [-0.15, -0.1) is 0 Å². The van der Waals surface area contributed by atoms with Crippen molar-refractivity contribution in [2.24, 2.45) is 0 Å². The summed E-state index contributed by atoms with van der Waals surface area (Å²) in [5.74, 6) is -0.316. The fourth-order valence-electron chi connectivity index (χ4n) is 1.87. The number of rotatable bonds is 2. The van der Waals surface area contributed by atoms with E-state index >= 15 is 0 Å². The van der Waals surface area contributed by atoms with Crippen molar-refractivity contribution in [2.45, 2.75) is 6.92 Å². The van der Waals surface area contributed by atoms with Crippen LogP contribution in [0.25, 0.3) is 11.1 Å². The first-order chi connectivity index (χ1) is 9.13. The van der Waals surface area contributed by atoms with Crippen LogP contribution in [0.3, 0.4) is 0 Å². The number of benzene rings is 2. The summed E-state index contributed by atoms with van der Waals surface area (Å²) in [4.78, 5) is 4.25. The molecule has 0 aliphatic carbocycles. The Morgan fingerprint density at radius 3 is 2.89 bits per heavy atom. The number of oxazole rings is 1. The van der Waals surface area contributed by atoms with Crippen LogP contribution < -0.4 is 11.1 Å². The third-order valence-electron chi connectivity index (χ3n) is 2.89. The second-order valence-corrected chi connectivity index (χ2v) is 4.30. The van der Waals surface area contributed by atoms with E-state index in [-0.39, 0.29) is 5.82 Å². The quantitative estimate of drug-likeness (QED) is 0.688. The standard InChI is InChI=1S/C14H12FN3O/c1-8-5-6-9(15)7-11(8)17-14-18-13-10(16)3-2-4-12(13)19-14/h2-7H,16H2,1H3,(H,17,18). The van der Waals surface area contributed by atoms with Crippen LogP contribution in [0.4, 0.5) is 21.8 Å². The number of fused-ring (bicyclic) bond motifs is 1. The van der Waals surface area contributed by atoms with Crippen molar-refractivity contribution in [1.29, 1.82) is 0 Å². The molecule has 0 fully saturated rings. The fraction of sp³-hybridized carbons (Fsp3) is 0.0714. The van der Waals surface area contributed by atoms with E-state index in [4.69, 9.17) is 10.2 Å². The average molecular weight is 257 g/mol. The third kappa shape index (κ3) is 2.10. The first-order valence-electron chi connectivity index (χ1n) is 5.82. The van der Waals surface area contributed by atoms with Gasteiger partial charge in [-0.2, -0.15) is 4.98 Å². The lowest BCUT2D eigenvalue weighted by Gasteiger charge is -2.05. The van der Waals surface area contributed by atoms with Crippen molar-refractivity contribution in [1.82, 2.24) is 4.98 Å². The predicted molar refractivity (Wildman–Crippen MR) is 72.8 cm³/mol. The fourth-order valence-corrected chi connectivity index (χ4v) is 1.87. The van der Waals surface area contributed by atoms with Crippen molar-refractivity contribution in [2.75, 3.05) is 11.1 Å². The van der Waals surface area contributed by atoms with E-state index in [1.54, 1.807) is 24.3 Å². The van der Waals surface area contributed by atoms with Gasteiger partial charge in [0.15, 0.2) is 5.58 Å². The van der Waals surface area contributed by atoms with E-state index in [0.717, 1.165) is 5.56 Å². The van der Waals surface area contributed by atoms with Crippen LogP contribution in [0.1, 0.15) is 5.56 Å². The second kappa shape index (κ2) is 4.28. The summed E-state index contributed by atoms with van der Waals surface area (Å²) < 4.78 is 18.7. The van der Waals surface area contributed by atoms with Crippen molar-refractivity contribution in [3.8, 4) is 0 Å². The van der Waals surface area contributed by atoms with E-state index in [1.807, 2.05) is 6.92 Å². The smallest absolute Gasteiger partial charge is 0.300 e. The van der Waals surface area contributed by atoms with Crippen molar-refractivity contribution in [3.63, 3.8) is 0 Å². The Labute approximate surface area is 109 Å². The highest BCUT2D eigenvalue weighted by atomic mass is 19.1. The number of para-hydroxylation sites is 1. The highest BCUT2D eigenvalue weighted by Gasteiger charge is 2.09. The molecule has 0 unspecified atom stereocenters. The molecule has 0 saturated carbocycles. The highest BCUT2D eigenvalue weighted by Crippen LogP contribution is 2.27. The van der Waals surface area contributed by atoms with Gasteiger partial charge in [0.25, 0.3) is 6.01 Å². The summed E-state index contributed by atoms with van der Waals surface area (Å²) in [6, 6.07) is 10.1. The summed E-state index contributed by atoms with van der Waals surface area (Å²) in [6.07, 6.45) is 0. The molecule has 3 aromatic rings. The summed E-state index contributed by atoms with van der Waals surface area (Å²) >= 11 is 0. The van der Waals surface area contributed by atoms with E-state index in [0.29, 0.717) is 28.5 Å². The molecule has 3 rings (SSSR count). The van der Waals surface area contributed by atoms with Crippen LogP contribution in [0.15, 0.2) is 40.8 Å². The Kier molecular flexibility index (Phi) is 2.59. The lowest BCUT2D eigenvalue weighted by molar-refractivity contribution is 0.620. The van der Waals surface area contributed by atoms with Gasteiger partial charge in [-0.1, -0.05) is 12.1 Å². The van der Waals surface area contributed by atoms with Gasteiger partial charge in [0.2, 0.25) is 0 Å². The Balaban J connectivity index is 2.01. The number of halogens is 1. The summed E-state index contributed by atoms with van der Waals surface area (Å²) in [6.45, 7) is 1.87. The van der Waals surface area contributed by atoms with E-state index < -0.39 is 0 Å². The van der Waals surface area contributed by atoms with Crippen LogP contribution in [0, 0.1) is 12.7 Å². The summed E-state index contributed by atoms with van der Waals surface area (Å²) in [5.41, 5.74) is 9.06. The third-order valence-corrected chi connectivity index (χ3v) is 2.89. The van der Waals surface area contributed by atoms with Crippen LogP contribution in [-0.4, -0.2) is 4.98 Å². The van der Waals surface area contributed by atoms with Crippen LogP contribution in [0.2, 0.25) is 0 Å². The zero-order valence-corrected chi connectivity index (χ0v) is 10.3. The Morgan fingerprint density at radius 1 is 1.26 bits per heavy atom. The van der Waals surface area contributed by atoms with Crippen LogP contribution in [0.5, 0.6) is 0 Å². The maximum Gasteiger partial charge on any atom is 0.300 e. The molecule has 4 nitrogen and oxygen atoms in total. The minimum atomic E-state index is -0.316. The van der Waals surface area contributed by atoms with Crippen molar-refractivity contribution >= 4 is 28.5 Å². The normalized spacial score (nSPS) is 10.8. The molecule has 0 atom stereocenters. The SMILES string of the molecule is Cc1ccc(F)cc1Nc1nc2c(N)cccc2o1. The lowest BCUT2D eigenvalue weighted by atomic mass is 10.2. The molecule has 5 heteroatoms. The molecule has 1 aromatic heterocycles. The van der Waals surface area contributed by atoms with Gasteiger partial charge < -0.3 is 15.5 Å². The molecule has 0 radical (unpaired) electrons. The molecule has 3 N–H and O–H groups in total. The maximum atomic E-state index is 13.2. The van der Waals surface area contributed by atoms with E-state index in [9.17, 15) is 4.39 Å². The molecule has 0 bridgehead atoms. The molecule has 0 aliphatic heterocycles. The number of aromatic nitrogens is 1. The molecule has 0 aliphatic rings. The zero-order chi connectivity index (χ0) is 13.4. The van der Waals surface area contributed by atoms with Crippen LogP contribution >= 0.6 is 0 Å². The molecule has 2 aromatic carbocycles. The highest BCUT2D eigenvalue weighted by molar-refractivity contribution is 5.86. The largest absolute Gasteiger partial charge is 0.423 e. The Bertz CT molecular complexity index is 752. The van der Waals surface area contributed by atoms with Gasteiger partial charge in [0.05, 0.1) is 5.69 Å². The first kappa shape index (κ1) is 11.5. The minimum Gasteiger partial charge on any atom is -0.423 e. The molecular formula is C14H12FN3O. The number of anilines is 3. The number of nitrogens with one attached hydrogen (secondary N) is 1. The first-order valence-corrected chi connectivity index (χ1v) is 5.82. The number of nitrogens with zero attached hydrogens (tertiary/aromatic N) is 1. The van der Waals surface area contributed by atoms with Gasteiger partial charge in [0, 0.05) is 5.69 Å². The lowest BCUT2D eigenvalue weighted by Crippen LogP contribution is -1.94. The summed E-state index contributed by atoms with van der Waals surface area (Å²) in [7, 11) is 0. The molecule has 0 amide bonds. The van der Waals surface area contributed by atoms with E-state index in [2.05, 4.69) is 10.3 Å². The van der Waals surface area contributed by atoms with Gasteiger partial charge in [0.1, 0.15) is 11.3 Å². The van der Waals surface area contributed by atoms with Gasteiger partial charge in [-0.25, -0.2) is 4.39 Å². The molecule has 96 valence electrons. The molecular weight excluding hydrogens is 245 g/mol. The Hall–Kier alpha value is -2.56. The predicted octanol–water partition coefficient (Wildman–Crippen LogP) is 3.60. The van der Waals surface area contributed by atoms with Gasteiger partial charge >= 0.3 is 0 Å². The Morgan fingerprint density at radius 2 is 2.11 bits per heavy atom. The topological polar surface area (TPSA) is 64.1 Å². The number of hydrogen-bond acceptors (Lipinski definition) is 4.